The molecule has 0 saturated carbocycles. The number of halogens is 1. The highest BCUT2D eigenvalue weighted by Crippen LogP contribution is 2.27. The van der Waals surface area contributed by atoms with E-state index in [-0.39, 0.29) is 6.04 Å². The molecule has 2 aromatic rings. The van der Waals surface area contributed by atoms with Crippen molar-refractivity contribution in [2.75, 3.05) is 44.0 Å². The molecule has 1 saturated heterocycles. The standard InChI is InChI=1S/C15H22FN7S/c1-21(2)15-17-5-4-14(18-15)23-7-11(16)6-13(23)9-22(3)8-12-10-24-20-19-12/h4-5,10-11,13H,6-9H2,1-3H3/t11-,13-/m0/s1. The Morgan fingerprint density at radius 1 is 1.38 bits per heavy atom. The van der Waals surface area contributed by atoms with Crippen molar-refractivity contribution in [2.45, 2.75) is 25.2 Å². The minimum atomic E-state index is -0.831. The molecule has 2 atom stereocenters. The van der Waals surface area contributed by atoms with Crippen LogP contribution in [0.3, 0.4) is 0 Å². The first-order chi connectivity index (χ1) is 11.5. The third kappa shape index (κ3) is 3.96. The molecule has 24 heavy (non-hydrogen) atoms. The van der Waals surface area contributed by atoms with E-state index < -0.39 is 6.17 Å². The number of alkyl halides is 1. The quantitative estimate of drug-likeness (QED) is 0.780. The van der Waals surface area contributed by atoms with Crippen LogP contribution in [0.1, 0.15) is 12.1 Å². The number of nitrogens with zero attached hydrogens (tertiary/aromatic N) is 7. The number of hydrogen-bond acceptors (Lipinski definition) is 8. The van der Waals surface area contributed by atoms with Crippen LogP contribution in [0.5, 0.6) is 0 Å². The van der Waals surface area contributed by atoms with Crippen LogP contribution in [0, 0.1) is 0 Å². The third-order valence-corrected chi connectivity index (χ3v) is 4.60. The first-order valence-electron chi connectivity index (χ1n) is 7.88. The normalized spacial score (nSPS) is 20.8. The maximum atomic E-state index is 14.1. The van der Waals surface area contributed by atoms with Crippen molar-refractivity contribution in [1.82, 2.24) is 24.5 Å². The van der Waals surface area contributed by atoms with E-state index >= 15 is 0 Å². The van der Waals surface area contributed by atoms with Gasteiger partial charge in [-0.2, -0.15) is 4.98 Å². The fourth-order valence-electron chi connectivity index (χ4n) is 2.98. The second-order valence-corrected chi connectivity index (χ2v) is 6.95. The summed E-state index contributed by atoms with van der Waals surface area (Å²) in [6.45, 7) is 1.84. The monoisotopic (exact) mass is 351 g/mol. The van der Waals surface area contributed by atoms with Crippen LogP contribution in [0.2, 0.25) is 0 Å². The zero-order valence-corrected chi connectivity index (χ0v) is 14.9. The molecule has 0 spiro atoms. The summed E-state index contributed by atoms with van der Waals surface area (Å²) in [4.78, 5) is 14.8. The largest absolute Gasteiger partial charge is 0.349 e. The molecular weight excluding hydrogens is 329 g/mol. The van der Waals surface area contributed by atoms with Gasteiger partial charge in [-0.25, -0.2) is 9.37 Å². The average Bonchev–Trinajstić information content (AvgIpc) is 3.17. The highest BCUT2D eigenvalue weighted by molar-refractivity contribution is 7.03. The molecule has 0 aliphatic carbocycles. The van der Waals surface area contributed by atoms with Gasteiger partial charge in [0.15, 0.2) is 0 Å². The van der Waals surface area contributed by atoms with Crippen molar-refractivity contribution in [2.24, 2.45) is 0 Å². The summed E-state index contributed by atoms with van der Waals surface area (Å²) >= 11 is 1.35. The molecule has 0 aromatic carbocycles. The Morgan fingerprint density at radius 3 is 2.92 bits per heavy atom. The minimum absolute atomic E-state index is 0.0847. The molecule has 0 radical (unpaired) electrons. The van der Waals surface area contributed by atoms with Crippen molar-refractivity contribution < 1.29 is 4.39 Å². The predicted octanol–water partition coefficient (Wildman–Crippen LogP) is 1.44. The van der Waals surface area contributed by atoms with Crippen LogP contribution >= 0.6 is 11.5 Å². The van der Waals surface area contributed by atoms with E-state index in [1.165, 1.54) is 11.5 Å². The van der Waals surface area contributed by atoms with Gasteiger partial charge in [-0.1, -0.05) is 4.49 Å². The Bertz CT molecular complexity index is 651. The van der Waals surface area contributed by atoms with Gasteiger partial charge in [0.25, 0.3) is 0 Å². The summed E-state index contributed by atoms with van der Waals surface area (Å²) in [7, 11) is 5.82. The van der Waals surface area contributed by atoms with Crippen LogP contribution in [0.15, 0.2) is 17.6 Å². The molecule has 1 fully saturated rings. The van der Waals surface area contributed by atoms with E-state index in [1.807, 2.05) is 37.5 Å². The predicted molar refractivity (Wildman–Crippen MR) is 93.2 cm³/mol. The number of aromatic nitrogens is 4. The van der Waals surface area contributed by atoms with Gasteiger partial charge in [0.05, 0.1) is 12.2 Å². The molecular formula is C15H22FN7S. The number of anilines is 2. The van der Waals surface area contributed by atoms with E-state index in [1.54, 1.807) is 6.20 Å². The van der Waals surface area contributed by atoms with E-state index in [0.29, 0.717) is 25.5 Å². The molecule has 3 rings (SSSR count). The van der Waals surface area contributed by atoms with Gasteiger partial charge in [-0.3, -0.25) is 4.90 Å². The Hall–Kier alpha value is -1.87. The second-order valence-electron chi connectivity index (χ2n) is 6.34. The van der Waals surface area contributed by atoms with Gasteiger partial charge in [0.2, 0.25) is 5.95 Å². The average molecular weight is 351 g/mol. The van der Waals surface area contributed by atoms with Crippen molar-refractivity contribution in [3.05, 3.63) is 23.3 Å². The molecule has 0 N–H and O–H groups in total. The van der Waals surface area contributed by atoms with Crippen LogP contribution in [0.25, 0.3) is 0 Å². The Labute approximate surface area is 145 Å². The summed E-state index contributed by atoms with van der Waals surface area (Å²) in [6.07, 6.45) is 1.41. The molecule has 1 aliphatic rings. The molecule has 0 unspecified atom stereocenters. The minimum Gasteiger partial charge on any atom is -0.349 e. The summed E-state index contributed by atoms with van der Waals surface area (Å²) in [5.74, 6) is 1.41. The second kappa shape index (κ2) is 7.35. The number of likely N-dealkylation sites (N-methyl/N-ethyl adjacent to an activating group) is 1. The lowest BCUT2D eigenvalue weighted by molar-refractivity contribution is 0.287. The van der Waals surface area contributed by atoms with Crippen LogP contribution in [-0.2, 0) is 6.54 Å². The number of hydrogen-bond donors (Lipinski definition) is 0. The molecule has 0 amide bonds. The first-order valence-corrected chi connectivity index (χ1v) is 8.72. The third-order valence-electron chi connectivity index (χ3n) is 4.05. The maximum absolute atomic E-state index is 14.1. The number of rotatable bonds is 6. The van der Waals surface area contributed by atoms with E-state index in [2.05, 4.69) is 29.4 Å². The fraction of sp³-hybridized carbons (Fsp3) is 0.600. The van der Waals surface area contributed by atoms with Crippen LogP contribution in [-0.4, -0.2) is 70.9 Å². The molecule has 3 heterocycles. The summed E-state index contributed by atoms with van der Waals surface area (Å²) in [5, 5.41) is 6.01. The van der Waals surface area contributed by atoms with Crippen molar-refractivity contribution in [3.63, 3.8) is 0 Å². The van der Waals surface area contributed by atoms with Gasteiger partial charge in [-0.15, -0.1) is 5.10 Å². The molecule has 0 bridgehead atoms. The zero-order valence-electron chi connectivity index (χ0n) is 14.1. The van der Waals surface area contributed by atoms with Crippen LogP contribution in [0.4, 0.5) is 16.2 Å². The summed E-state index contributed by atoms with van der Waals surface area (Å²) < 4.78 is 17.9. The van der Waals surface area contributed by atoms with Gasteiger partial charge >= 0.3 is 0 Å². The van der Waals surface area contributed by atoms with E-state index in [9.17, 15) is 4.39 Å². The summed E-state index contributed by atoms with van der Waals surface area (Å²) in [6, 6.07) is 1.93. The molecule has 130 valence electrons. The zero-order chi connectivity index (χ0) is 17.1. The Morgan fingerprint density at radius 2 is 2.21 bits per heavy atom. The molecule has 9 heteroatoms. The molecule has 1 aliphatic heterocycles. The van der Waals surface area contributed by atoms with Crippen molar-refractivity contribution in [1.29, 1.82) is 0 Å². The van der Waals surface area contributed by atoms with Gasteiger partial charge in [-0.05, 0) is 24.6 Å². The van der Waals surface area contributed by atoms with Crippen molar-refractivity contribution >= 4 is 23.3 Å². The van der Waals surface area contributed by atoms with Crippen molar-refractivity contribution in [3.8, 4) is 0 Å². The van der Waals surface area contributed by atoms with E-state index in [4.69, 9.17) is 0 Å². The SMILES string of the molecule is CN(Cc1csnn1)C[C@@H]1C[C@H](F)CN1c1ccnc(N(C)C)n1. The van der Waals surface area contributed by atoms with Gasteiger partial charge in [0.1, 0.15) is 12.0 Å². The summed E-state index contributed by atoms with van der Waals surface area (Å²) in [5.41, 5.74) is 0.945. The van der Waals surface area contributed by atoms with Crippen LogP contribution < -0.4 is 9.80 Å². The highest BCUT2D eigenvalue weighted by Gasteiger charge is 2.34. The Kier molecular flexibility index (Phi) is 5.20. The molecule has 7 nitrogen and oxygen atoms in total. The van der Waals surface area contributed by atoms with Gasteiger partial charge < -0.3 is 9.80 Å². The topological polar surface area (TPSA) is 61.3 Å². The smallest absolute Gasteiger partial charge is 0.226 e. The van der Waals surface area contributed by atoms with E-state index in [0.717, 1.165) is 18.1 Å². The highest BCUT2D eigenvalue weighted by atomic mass is 32.1. The fourth-order valence-corrected chi connectivity index (χ4v) is 3.42. The maximum Gasteiger partial charge on any atom is 0.226 e. The Balaban J connectivity index is 1.70. The lowest BCUT2D eigenvalue weighted by Gasteiger charge is -2.29. The lowest BCUT2D eigenvalue weighted by Crippen LogP contribution is -2.39. The molecule has 2 aromatic heterocycles. The lowest BCUT2D eigenvalue weighted by atomic mass is 10.2. The van der Waals surface area contributed by atoms with Gasteiger partial charge in [0, 0.05) is 51.2 Å². The first kappa shape index (κ1) is 17.0.